The van der Waals surface area contributed by atoms with E-state index in [0.29, 0.717) is 12.1 Å². The van der Waals surface area contributed by atoms with Crippen LogP contribution < -0.4 is 5.32 Å². The Balaban J connectivity index is 1.66. The van der Waals surface area contributed by atoms with Crippen LogP contribution in [-0.2, 0) is 0 Å². The van der Waals surface area contributed by atoms with Gasteiger partial charge >= 0.3 is 0 Å². The Bertz CT molecular complexity index is 419. The molecule has 4 nitrogen and oxygen atoms in total. The van der Waals surface area contributed by atoms with Gasteiger partial charge in [-0.3, -0.25) is 4.79 Å². The van der Waals surface area contributed by atoms with Crippen LogP contribution in [-0.4, -0.2) is 42.0 Å². The fourth-order valence-electron chi connectivity index (χ4n) is 2.33. The minimum absolute atomic E-state index is 0.236. The molecule has 19 heavy (non-hydrogen) atoms. The normalized spacial score (nSPS) is 16.3. The lowest BCUT2D eigenvalue weighted by molar-refractivity contribution is 0.0950. The minimum atomic E-state index is -0.624. The molecule has 0 aromatic carbocycles. The van der Waals surface area contributed by atoms with Gasteiger partial charge in [0.1, 0.15) is 0 Å². The fraction of sp³-hybridized carbons (Fsp3) is 0.571. The van der Waals surface area contributed by atoms with Gasteiger partial charge in [0.05, 0.1) is 0 Å². The van der Waals surface area contributed by atoms with E-state index in [0.717, 1.165) is 19.0 Å². The number of hydrogen-bond acceptors (Lipinski definition) is 3. The van der Waals surface area contributed by atoms with Crippen molar-refractivity contribution in [2.24, 2.45) is 0 Å². The molecule has 1 fully saturated rings. The molecule has 1 aromatic rings. The first kappa shape index (κ1) is 13.9. The highest BCUT2D eigenvalue weighted by Gasteiger charge is 2.10. The van der Waals surface area contributed by atoms with Crippen molar-refractivity contribution in [3.05, 3.63) is 29.8 Å². The SMILES string of the molecule is O=C(NCCCN1CCCCC1)c1ccnc(F)c1. The molecule has 0 radical (unpaired) electrons. The number of nitrogens with one attached hydrogen (secondary N) is 1. The maximum atomic E-state index is 12.9. The molecule has 1 aliphatic rings. The molecule has 1 amide bonds. The van der Waals surface area contributed by atoms with E-state index in [2.05, 4.69) is 15.2 Å². The highest BCUT2D eigenvalue weighted by atomic mass is 19.1. The number of pyridine rings is 1. The van der Waals surface area contributed by atoms with E-state index in [4.69, 9.17) is 0 Å². The molecule has 1 aromatic heterocycles. The average molecular weight is 265 g/mol. The zero-order valence-corrected chi connectivity index (χ0v) is 11.1. The van der Waals surface area contributed by atoms with Gasteiger partial charge in [-0.15, -0.1) is 0 Å². The molecular weight excluding hydrogens is 245 g/mol. The van der Waals surface area contributed by atoms with Crippen LogP contribution >= 0.6 is 0 Å². The van der Waals surface area contributed by atoms with Crippen molar-refractivity contribution in [1.82, 2.24) is 15.2 Å². The van der Waals surface area contributed by atoms with E-state index in [9.17, 15) is 9.18 Å². The van der Waals surface area contributed by atoms with Gasteiger partial charge in [0.2, 0.25) is 5.95 Å². The van der Waals surface area contributed by atoms with Crippen molar-refractivity contribution >= 4 is 5.91 Å². The fourth-order valence-corrected chi connectivity index (χ4v) is 2.33. The van der Waals surface area contributed by atoms with Crippen LogP contribution in [0.1, 0.15) is 36.0 Å². The second-order valence-electron chi connectivity index (χ2n) is 4.88. The lowest BCUT2D eigenvalue weighted by atomic mass is 10.1. The topological polar surface area (TPSA) is 45.2 Å². The lowest BCUT2D eigenvalue weighted by Crippen LogP contribution is -2.33. The number of aromatic nitrogens is 1. The van der Waals surface area contributed by atoms with Crippen LogP contribution in [0.25, 0.3) is 0 Å². The largest absolute Gasteiger partial charge is 0.352 e. The molecule has 0 unspecified atom stereocenters. The summed E-state index contributed by atoms with van der Waals surface area (Å²) >= 11 is 0. The summed E-state index contributed by atoms with van der Waals surface area (Å²) in [6, 6.07) is 2.67. The predicted octanol–water partition coefficient (Wildman–Crippen LogP) is 1.83. The summed E-state index contributed by atoms with van der Waals surface area (Å²) in [7, 11) is 0. The van der Waals surface area contributed by atoms with Crippen LogP contribution in [0.5, 0.6) is 0 Å². The molecule has 1 N–H and O–H groups in total. The smallest absolute Gasteiger partial charge is 0.251 e. The van der Waals surface area contributed by atoms with E-state index < -0.39 is 5.95 Å². The molecule has 2 rings (SSSR count). The standard InChI is InChI=1S/C14H20FN3O/c15-13-11-12(5-7-16-13)14(19)17-6-4-10-18-8-2-1-3-9-18/h5,7,11H,1-4,6,8-10H2,(H,17,19). The van der Waals surface area contributed by atoms with E-state index >= 15 is 0 Å². The summed E-state index contributed by atoms with van der Waals surface area (Å²) in [5.74, 6) is -0.860. The molecule has 104 valence electrons. The third-order valence-corrected chi connectivity index (χ3v) is 3.37. The summed E-state index contributed by atoms with van der Waals surface area (Å²) in [5, 5.41) is 2.81. The van der Waals surface area contributed by atoms with Crippen LogP contribution in [0.2, 0.25) is 0 Å². The number of rotatable bonds is 5. The van der Waals surface area contributed by atoms with Gasteiger partial charge in [-0.25, -0.2) is 4.98 Å². The van der Waals surface area contributed by atoms with Crippen LogP contribution in [0.15, 0.2) is 18.3 Å². The zero-order valence-electron chi connectivity index (χ0n) is 11.1. The Hall–Kier alpha value is -1.49. The molecule has 0 atom stereocenters. The number of likely N-dealkylation sites (tertiary alicyclic amines) is 1. The number of carbonyl (C=O) groups is 1. The molecule has 0 aliphatic carbocycles. The quantitative estimate of drug-likeness (QED) is 0.652. The van der Waals surface area contributed by atoms with Gasteiger partial charge in [-0.2, -0.15) is 4.39 Å². The summed E-state index contributed by atoms with van der Waals surface area (Å²) in [6.45, 7) is 3.98. The van der Waals surface area contributed by atoms with E-state index in [1.165, 1.54) is 44.6 Å². The van der Waals surface area contributed by atoms with Crippen molar-refractivity contribution in [1.29, 1.82) is 0 Å². The number of amides is 1. The number of nitrogens with zero attached hydrogens (tertiary/aromatic N) is 2. The number of piperidine rings is 1. The van der Waals surface area contributed by atoms with E-state index in [-0.39, 0.29) is 5.91 Å². The van der Waals surface area contributed by atoms with Crippen molar-refractivity contribution in [3.8, 4) is 0 Å². The average Bonchev–Trinajstić information content (AvgIpc) is 2.44. The predicted molar refractivity (Wildman–Crippen MR) is 71.4 cm³/mol. The van der Waals surface area contributed by atoms with Gasteiger partial charge in [0.25, 0.3) is 5.91 Å². The Labute approximate surface area is 113 Å². The van der Waals surface area contributed by atoms with Crippen LogP contribution in [0.4, 0.5) is 4.39 Å². The maximum absolute atomic E-state index is 12.9. The summed E-state index contributed by atoms with van der Waals surface area (Å²) < 4.78 is 12.9. The molecule has 1 aliphatic heterocycles. The Morgan fingerprint density at radius 3 is 2.89 bits per heavy atom. The van der Waals surface area contributed by atoms with Crippen LogP contribution in [0, 0.1) is 5.95 Å². The van der Waals surface area contributed by atoms with Gasteiger partial charge in [0.15, 0.2) is 0 Å². The molecule has 0 spiro atoms. The van der Waals surface area contributed by atoms with Gasteiger partial charge in [-0.05, 0) is 45.0 Å². The van der Waals surface area contributed by atoms with E-state index in [1.54, 1.807) is 0 Å². The monoisotopic (exact) mass is 265 g/mol. The highest BCUT2D eigenvalue weighted by molar-refractivity contribution is 5.93. The van der Waals surface area contributed by atoms with Crippen molar-refractivity contribution in [3.63, 3.8) is 0 Å². The summed E-state index contributed by atoms with van der Waals surface area (Å²) in [5.41, 5.74) is 0.325. The summed E-state index contributed by atoms with van der Waals surface area (Å²) in [4.78, 5) is 17.6. The molecule has 2 heterocycles. The highest BCUT2D eigenvalue weighted by Crippen LogP contribution is 2.08. The van der Waals surface area contributed by atoms with Gasteiger partial charge in [-0.1, -0.05) is 6.42 Å². The Morgan fingerprint density at radius 1 is 1.37 bits per heavy atom. The third-order valence-electron chi connectivity index (χ3n) is 3.37. The second-order valence-corrected chi connectivity index (χ2v) is 4.88. The first-order valence-electron chi connectivity index (χ1n) is 6.88. The number of hydrogen-bond donors (Lipinski definition) is 1. The molecule has 5 heteroatoms. The summed E-state index contributed by atoms with van der Waals surface area (Å²) in [6.07, 6.45) is 6.13. The Kier molecular flexibility index (Phi) is 5.27. The van der Waals surface area contributed by atoms with Crippen molar-refractivity contribution in [2.75, 3.05) is 26.2 Å². The van der Waals surface area contributed by atoms with Gasteiger partial charge < -0.3 is 10.2 Å². The first-order chi connectivity index (χ1) is 9.25. The number of halogens is 1. The molecule has 0 saturated carbocycles. The second kappa shape index (κ2) is 7.19. The molecular formula is C14H20FN3O. The number of carbonyl (C=O) groups excluding carboxylic acids is 1. The first-order valence-corrected chi connectivity index (χ1v) is 6.88. The lowest BCUT2D eigenvalue weighted by Gasteiger charge is -2.26. The minimum Gasteiger partial charge on any atom is -0.352 e. The molecule has 1 saturated heterocycles. The maximum Gasteiger partial charge on any atom is 0.251 e. The Morgan fingerprint density at radius 2 is 2.16 bits per heavy atom. The van der Waals surface area contributed by atoms with Crippen molar-refractivity contribution < 1.29 is 9.18 Å². The van der Waals surface area contributed by atoms with Crippen molar-refractivity contribution in [2.45, 2.75) is 25.7 Å². The van der Waals surface area contributed by atoms with Crippen LogP contribution in [0.3, 0.4) is 0 Å². The zero-order chi connectivity index (χ0) is 13.5. The van der Waals surface area contributed by atoms with E-state index in [1.807, 2.05) is 0 Å². The van der Waals surface area contributed by atoms with Gasteiger partial charge in [0, 0.05) is 24.4 Å². The molecule has 0 bridgehead atoms. The third kappa shape index (κ3) is 4.59.